The third kappa shape index (κ3) is 5.22. The normalized spacial score (nSPS) is 27.9. The Morgan fingerprint density at radius 1 is 1.10 bits per heavy atom. The molecule has 0 aromatic heterocycles. The van der Waals surface area contributed by atoms with Crippen LogP contribution in [0.2, 0.25) is 0 Å². The molecule has 2 aliphatic rings. The first-order chi connectivity index (χ1) is 9.81. The molecule has 0 amide bonds. The van der Waals surface area contributed by atoms with Gasteiger partial charge in [0.05, 0.1) is 11.2 Å². The van der Waals surface area contributed by atoms with Crippen molar-refractivity contribution in [2.24, 2.45) is 5.92 Å². The van der Waals surface area contributed by atoms with Crippen LogP contribution in [0, 0.1) is 5.92 Å². The van der Waals surface area contributed by atoms with E-state index in [2.05, 4.69) is 44.8 Å². The van der Waals surface area contributed by atoms with Gasteiger partial charge in [-0.25, -0.2) is 0 Å². The maximum Gasteiger partial charge on any atom is 0.0760 e. The molecule has 1 unspecified atom stereocenters. The van der Waals surface area contributed by atoms with Gasteiger partial charge in [-0.05, 0) is 59.4 Å². The average molecular weight is 296 g/mol. The van der Waals surface area contributed by atoms with Gasteiger partial charge in [-0.1, -0.05) is 19.8 Å². The standard InChI is InChI=1S/C18H36N2O/c1-6-11-19-16(15-9-7-8-10-15)12-20-13-17(2,3)21-18(4,5)14-20/h15-16,19H,6-14H2,1-5H3. The second-order valence-electron chi connectivity index (χ2n) is 8.40. The highest BCUT2D eigenvalue weighted by atomic mass is 16.5. The molecule has 0 spiro atoms. The van der Waals surface area contributed by atoms with E-state index in [1.54, 1.807) is 0 Å². The molecule has 1 aliphatic carbocycles. The summed E-state index contributed by atoms with van der Waals surface area (Å²) >= 11 is 0. The molecule has 0 radical (unpaired) electrons. The lowest BCUT2D eigenvalue weighted by atomic mass is 9.94. The molecule has 0 bridgehead atoms. The largest absolute Gasteiger partial charge is 0.367 e. The maximum atomic E-state index is 6.22. The van der Waals surface area contributed by atoms with E-state index in [-0.39, 0.29) is 11.2 Å². The van der Waals surface area contributed by atoms with Crippen LogP contribution >= 0.6 is 0 Å². The molecule has 1 heterocycles. The summed E-state index contributed by atoms with van der Waals surface area (Å²) in [6.45, 7) is 15.6. The predicted molar refractivity (Wildman–Crippen MR) is 89.7 cm³/mol. The summed E-state index contributed by atoms with van der Waals surface area (Å²) < 4.78 is 6.22. The molecular weight excluding hydrogens is 260 g/mol. The molecule has 1 N–H and O–H groups in total. The van der Waals surface area contributed by atoms with E-state index in [9.17, 15) is 0 Å². The molecule has 2 rings (SSSR count). The summed E-state index contributed by atoms with van der Waals surface area (Å²) in [5, 5.41) is 3.83. The van der Waals surface area contributed by atoms with Gasteiger partial charge >= 0.3 is 0 Å². The van der Waals surface area contributed by atoms with Crippen LogP contribution in [-0.2, 0) is 4.74 Å². The first kappa shape index (κ1) is 17.2. The molecular formula is C18H36N2O. The van der Waals surface area contributed by atoms with Crippen molar-refractivity contribution in [3.63, 3.8) is 0 Å². The third-order valence-electron chi connectivity index (χ3n) is 4.84. The molecule has 1 aliphatic heterocycles. The Morgan fingerprint density at radius 2 is 1.67 bits per heavy atom. The van der Waals surface area contributed by atoms with E-state index in [1.807, 2.05) is 0 Å². The summed E-state index contributed by atoms with van der Waals surface area (Å²) in [5.74, 6) is 0.880. The van der Waals surface area contributed by atoms with Gasteiger partial charge in [0.1, 0.15) is 0 Å². The summed E-state index contributed by atoms with van der Waals surface area (Å²) in [6.07, 6.45) is 6.91. The van der Waals surface area contributed by atoms with Crippen molar-refractivity contribution < 1.29 is 4.74 Å². The molecule has 1 saturated carbocycles. The molecule has 0 aromatic rings. The van der Waals surface area contributed by atoms with Crippen LogP contribution in [0.15, 0.2) is 0 Å². The molecule has 124 valence electrons. The average Bonchev–Trinajstić information content (AvgIpc) is 2.84. The number of rotatable bonds is 6. The topological polar surface area (TPSA) is 24.5 Å². The highest BCUT2D eigenvalue weighted by molar-refractivity contribution is 4.92. The van der Waals surface area contributed by atoms with E-state index in [4.69, 9.17) is 4.74 Å². The van der Waals surface area contributed by atoms with Gasteiger partial charge in [-0.3, -0.25) is 4.90 Å². The second-order valence-corrected chi connectivity index (χ2v) is 8.40. The van der Waals surface area contributed by atoms with Crippen LogP contribution < -0.4 is 5.32 Å². The SMILES string of the molecule is CCCNC(CN1CC(C)(C)OC(C)(C)C1)C1CCCC1. The molecule has 3 heteroatoms. The number of nitrogens with one attached hydrogen (secondary N) is 1. The van der Waals surface area contributed by atoms with E-state index >= 15 is 0 Å². The molecule has 1 atom stereocenters. The fraction of sp³-hybridized carbons (Fsp3) is 1.00. The van der Waals surface area contributed by atoms with Crippen LogP contribution in [0.4, 0.5) is 0 Å². The van der Waals surface area contributed by atoms with Crippen LogP contribution in [-0.4, -0.2) is 48.3 Å². The Balaban J connectivity index is 1.97. The first-order valence-corrected chi connectivity index (χ1v) is 8.97. The highest BCUT2D eigenvalue weighted by Gasteiger charge is 2.39. The lowest BCUT2D eigenvalue weighted by Gasteiger charge is -2.48. The van der Waals surface area contributed by atoms with Crippen molar-refractivity contribution in [3.05, 3.63) is 0 Å². The minimum Gasteiger partial charge on any atom is -0.367 e. The van der Waals surface area contributed by atoms with Crippen LogP contribution in [0.5, 0.6) is 0 Å². The van der Waals surface area contributed by atoms with Crippen molar-refractivity contribution in [2.75, 3.05) is 26.2 Å². The van der Waals surface area contributed by atoms with Gasteiger partial charge in [0.15, 0.2) is 0 Å². The molecule has 2 fully saturated rings. The lowest BCUT2D eigenvalue weighted by Crippen LogP contribution is -2.59. The zero-order chi connectivity index (χ0) is 15.5. The summed E-state index contributed by atoms with van der Waals surface area (Å²) in [7, 11) is 0. The smallest absolute Gasteiger partial charge is 0.0760 e. The number of hydrogen-bond acceptors (Lipinski definition) is 3. The number of nitrogens with zero attached hydrogens (tertiary/aromatic N) is 1. The monoisotopic (exact) mass is 296 g/mol. The first-order valence-electron chi connectivity index (χ1n) is 8.97. The fourth-order valence-electron chi connectivity index (χ4n) is 4.42. The predicted octanol–water partition coefficient (Wildman–Crippen LogP) is 3.43. The van der Waals surface area contributed by atoms with E-state index in [0.29, 0.717) is 6.04 Å². The second kappa shape index (κ2) is 6.97. The Bertz CT molecular complexity index is 305. The van der Waals surface area contributed by atoms with Gasteiger partial charge in [-0.2, -0.15) is 0 Å². The van der Waals surface area contributed by atoms with Crippen LogP contribution in [0.25, 0.3) is 0 Å². The Morgan fingerprint density at radius 3 is 2.19 bits per heavy atom. The van der Waals surface area contributed by atoms with Crippen molar-refractivity contribution >= 4 is 0 Å². The van der Waals surface area contributed by atoms with Gasteiger partial charge in [-0.15, -0.1) is 0 Å². The van der Waals surface area contributed by atoms with E-state index in [1.165, 1.54) is 38.6 Å². The number of morpholine rings is 1. The quantitative estimate of drug-likeness (QED) is 0.812. The Kier molecular flexibility index (Phi) is 5.72. The highest BCUT2D eigenvalue weighted by Crippen LogP contribution is 2.31. The summed E-state index contributed by atoms with van der Waals surface area (Å²) in [4.78, 5) is 2.63. The van der Waals surface area contributed by atoms with Gasteiger partial charge in [0, 0.05) is 25.7 Å². The Hall–Kier alpha value is -0.120. The lowest BCUT2D eigenvalue weighted by molar-refractivity contribution is -0.181. The molecule has 3 nitrogen and oxygen atoms in total. The van der Waals surface area contributed by atoms with Gasteiger partial charge < -0.3 is 10.1 Å². The van der Waals surface area contributed by atoms with Crippen molar-refractivity contribution in [3.8, 4) is 0 Å². The van der Waals surface area contributed by atoms with E-state index < -0.39 is 0 Å². The Labute approximate surface area is 131 Å². The zero-order valence-electron chi connectivity index (χ0n) is 14.9. The van der Waals surface area contributed by atoms with Gasteiger partial charge in [0.25, 0.3) is 0 Å². The van der Waals surface area contributed by atoms with Crippen molar-refractivity contribution in [1.29, 1.82) is 0 Å². The number of ether oxygens (including phenoxy) is 1. The zero-order valence-corrected chi connectivity index (χ0v) is 14.9. The third-order valence-corrected chi connectivity index (χ3v) is 4.84. The molecule has 0 aromatic carbocycles. The van der Waals surface area contributed by atoms with E-state index in [0.717, 1.165) is 25.6 Å². The maximum absolute atomic E-state index is 6.22. The molecule has 21 heavy (non-hydrogen) atoms. The van der Waals surface area contributed by atoms with Crippen molar-refractivity contribution in [1.82, 2.24) is 10.2 Å². The van der Waals surface area contributed by atoms with Gasteiger partial charge in [0.2, 0.25) is 0 Å². The summed E-state index contributed by atoms with van der Waals surface area (Å²) in [5.41, 5.74) is -0.0700. The van der Waals surface area contributed by atoms with Crippen molar-refractivity contribution in [2.45, 2.75) is 84.0 Å². The number of hydrogen-bond donors (Lipinski definition) is 1. The minimum absolute atomic E-state index is 0.0350. The van der Waals surface area contributed by atoms with Crippen LogP contribution in [0.3, 0.4) is 0 Å². The molecule has 1 saturated heterocycles. The fourth-order valence-corrected chi connectivity index (χ4v) is 4.42. The summed E-state index contributed by atoms with van der Waals surface area (Å²) in [6, 6.07) is 0.664. The minimum atomic E-state index is -0.0350. The van der Waals surface area contributed by atoms with Crippen LogP contribution in [0.1, 0.15) is 66.7 Å².